The first-order chi connectivity index (χ1) is 16.8. The van der Waals surface area contributed by atoms with Gasteiger partial charge in [0.15, 0.2) is 0 Å². The van der Waals surface area contributed by atoms with E-state index in [9.17, 15) is 18.0 Å². The first-order valence-corrected chi connectivity index (χ1v) is 13.6. The molecule has 0 aliphatic carbocycles. The van der Waals surface area contributed by atoms with Crippen LogP contribution in [-0.4, -0.2) is 74.9 Å². The smallest absolute Gasteiger partial charge is 0.251 e. The van der Waals surface area contributed by atoms with E-state index in [1.165, 1.54) is 16.4 Å². The molecule has 1 unspecified atom stereocenters. The first-order valence-electron chi connectivity index (χ1n) is 11.8. The molecule has 0 radical (unpaired) electrons. The number of rotatable bonds is 6. The number of halogens is 1. The van der Waals surface area contributed by atoms with Gasteiger partial charge in [-0.25, -0.2) is 8.42 Å². The molecule has 2 amide bonds. The van der Waals surface area contributed by atoms with Crippen molar-refractivity contribution in [3.05, 3.63) is 64.7 Å². The number of aryl methyl sites for hydroxylation is 1. The van der Waals surface area contributed by atoms with Crippen molar-refractivity contribution in [3.63, 3.8) is 0 Å². The molecule has 2 heterocycles. The summed E-state index contributed by atoms with van der Waals surface area (Å²) < 4.78 is 33.0. The van der Waals surface area contributed by atoms with Crippen molar-refractivity contribution < 1.29 is 22.7 Å². The zero-order chi connectivity index (χ0) is 25.0. The molecule has 2 aliphatic heterocycles. The lowest BCUT2D eigenvalue weighted by molar-refractivity contribution is -0.139. The summed E-state index contributed by atoms with van der Waals surface area (Å²) in [6.45, 7) is 4.30. The number of hydrogen-bond donors (Lipinski definition) is 1. The van der Waals surface area contributed by atoms with Gasteiger partial charge in [-0.1, -0.05) is 29.3 Å². The zero-order valence-corrected chi connectivity index (χ0v) is 21.2. The quantitative estimate of drug-likeness (QED) is 0.633. The number of nitrogens with zero attached hydrogens (tertiary/aromatic N) is 2. The van der Waals surface area contributed by atoms with Crippen LogP contribution in [0.15, 0.2) is 53.4 Å². The van der Waals surface area contributed by atoms with Crippen LogP contribution < -0.4 is 5.32 Å². The maximum atomic E-state index is 13.5. The Morgan fingerprint density at radius 1 is 1.03 bits per heavy atom. The number of hydrogen-bond acceptors (Lipinski definition) is 5. The average molecular weight is 520 g/mol. The second-order valence-electron chi connectivity index (χ2n) is 8.95. The summed E-state index contributed by atoms with van der Waals surface area (Å²) in [7, 11) is -3.66. The summed E-state index contributed by atoms with van der Waals surface area (Å²) in [5.74, 6) is -0.638. The highest BCUT2D eigenvalue weighted by atomic mass is 35.5. The SMILES string of the molecule is Cc1cccc(C(=O)NC(C(=O)N2CCOCC2)C2CCN(S(=O)(=O)c3ccc(Cl)cc3)CC2)c1. The molecule has 2 aromatic rings. The van der Waals surface area contributed by atoms with Gasteiger partial charge in [0, 0.05) is 36.8 Å². The normalized spacial score (nSPS) is 18.7. The number of amides is 2. The molecule has 0 aromatic heterocycles. The minimum atomic E-state index is -3.66. The van der Waals surface area contributed by atoms with Crippen molar-refractivity contribution in [3.8, 4) is 0 Å². The monoisotopic (exact) mass is 519 g/mol. The van der Waals surface area contributed by atoms with Crippen molar-refractivity contribution in [2.45, 2.75) is 30.7 Å². The van der Waals surface area contributed by atoms with E-state index in [2.05, 4.69) is 5.32 Å². The van der Waals surface area contributed by atoms with E-state index in [0.717, 1.165) is 5.56 Å². The predicted octanol–water partition coefficient (Wildman–Crippen LogP) is 2.71. The van der Waals surface area contributed by atoms with Crippen LogP contribution in [-0.2, 0) is 19.6 Å². The molecule has 2 aromatic carbocycles. The van der Waals surface area contributed by atoms with Crippen LogP contribution >= 0.6 is 11.6 Å². The molecule has 2 aliphatic rings. The van der Waals surface area contributed by atoms with Crippen LogP contribution in [0.4, 0.5) is 0 Å². The predicted molar refractivity (Wildman–Crippen MR) is 133 cm³/mol. The van der Waals surface area contributed by atoms with E-state index in [1.807, 2.05) is 19.1 Å². The van der Waals surface area contributed by atoms with Crippen LogP contribution in [0.5, 0.6) is 0 Å². The highest BCUT2D eigenvalue weighted by molar-refractivity contribution is 7.89. The van der Waals surface area contributed by atoms with Crippen molar-refractivity contribution in [2.24, 2.45) is 5.92 Å². The lowest BCUT2D eigenvalue weighted by Crippen LogP contribution is -2.56. The minimum Gasteiger partial charge on any atom is -0.378 e. The minimum absolute atomic E-state index is 0.145. The summed E-state index contributed by atoms with van der Waals surface area (Å²) >= 11 is 5.90. The van der Waals surface area contributed by atoms with Crippen LogP contribution in [0.3, 0.4) is 0 Å². The Bertz CT molecular complexity index is 1160. The first kappa shape index (κ1) is 25.6. The Balaban J connectivity index is 1.49. The van der Waals surface area contributed by atoms with E-state index < -0.39 is 16.1 Å². The fraction of sp³-hybridized carbons (Fsp3) is 0.440. The van der Waals surface area contributed by atoms with Crippen molar-refractivity contribution >= 4 is 33.4 Å². The lowest BCUT2D eigenvalue weighted by Gasteiger charge is -2.38. The summed E-state index contributed by atoms with van der Waals surface area (Å²) in [6.07, 6.45) is 0.920. The fourth-order valence-electron chi connectivity index (χ4n) is 4.58. The molecule has 35 heavy (non-hydrogen) atoms. The molecule has 188 valence electrons. The van der Waals surface area contributed by atoms with E-state index >= 15 is 0 Å². The summed E-state index contributed by atoms with van der Waals surface area (Å²) in [5, 5.41) is 3.43. The highest BCUT2D eigenvalue weighted by Crippen LogP contribution is 2.27. The molecule has 10 heteroatoms. The van der Waals surface area contributed by atoms with E-state index in [-0.39, 0.29) is 35.7 Å². The molecule has 4 rings (SSSR count). The Morgan fingerprint density at radius 3 is 2.31 bits per heavy atom. The molecule has 1 atom stereocenters. The van der Waals surface area contributed by atoms with Gasteiger partial charge in [0.05, 0.1) is 18.1 Å². The van der Waals surface area contributed by atoms with Crippen LogP contribution in [0.1, 0.15) is 28.8 Å². The van der Waals surface area contributed by atoms with Gasteiger partial charge in [0.25, 0.3) is 5.91 Å². The third kappa shape index (κ3) is 6.03. The molecule has 2 saturated heterocycles. The molecule has 0 saturated carbocycles. The molecular weight excluding hydrogens is 490 g/mol. The fourth-order valence-corrected chi connectivity index (χ4v) is 6.17. The summed E-state index contributed by atoms with van der Waals surface area (Å²) in [4.78, 5) is 28.4. The van der Waals surface area contributed by atoms with E-state index in [4.69, 9.17) is 16.3 Å². The Hall–Kier alpha value is -2.46. The van der Waals surface area contributed by atoms with Gasteiger partial charge in [-0.15, -0.1) is 0 Å². The number of benzene rings is 2. The number of carbonyl (C=O) groups is 2. The highest BCUT2D eigenvalue weighted by Gasteiger charge is 2.38. The van der Waals surface area contributed by atoms with Crippen LogP contribution in [0, 0.1) is 12.8 Å². The maximum absolute atomic E-state index is 13.5. The maximum Gasteiger partial charge on any atom is 0.251 e. The van der Waals surface area contributed by atoms with Crippen molar-refractivity contribution in [1.29, 1.82) is 0 Å². The van der Waals surface area contributed by atoms with E-state index in [0.29, 0.717) is 49.7 Å². The Labute approximate surface area is 211 Å². The van der Waals surface area contributed by atoms with Gasteiger partial charge in [0.1, 0.15) is 6.04 Å². The molecular formula is C25H30ClN3O5S. The van der Waals surface area contributed by atoms with Crippen LogP contribution in [0.2, 0.25) is 5.02 Å². The number of morpholine rings is 1. The van der Waals surface area contributed by atoms with Gasteiger partial charge in [-0.2, -0.15) is 4.31 Å². The van der Waals surface area contributed by atoms with Crippen molar-refractivity contribution in [2.75, 3.05) is 39.4 Å². The second-order valence-corrected chi connectivity index (χ2v) is 11.3. The molecule has 0 bridgehead atoms. The molecule has 8 nitrogen and oxygen atoms in total. The zero-order valence-electron chi connectivity index (χ0n) is 19.7. The third-order valence-electron chi connectivity index (χ3n) is 6.58. The van der Waals surface area contributed by atoms with Crippen molar-refractivity contribution in [1.82, 2.24) is 14.5 Å². The largest absolute Gasteiger partial charge is 0.378 e. The second kappa shape index (κ2) is 11.1. The Kier molecular flexibility index (Phi) is 8.11. The molecule has 2 fully saturated rings. The van der Waals surface area contributed by atoms with Crippen LogP contribution in [0.25, 0.3) is 0 Å². The summed E-state index contributed by atoms with van der Waals surface area (Å²) in [5.41, 5.74) is 1.45. The average Bonchev–Trinajstić information content (AvgIpc) is 2.87. The molecule has 0 spiro atoms. The molecule has 1 N–H and O–H groups in total. The van der Waals surface area contributed by atoms with Gasteiger partial charge in [-0.05, 0) is 62.1 Å². The number of piperidine rings is 1. The number of nitrogens with one attached hydrogen (secondary N) is 1. The number of sulfonamides is 1. The standard InChI is InChI=1S/C25H30ClN3O5S/c1-18-3-2-4-20(17-18)24(30)27-23(25(31)28-13-15-34-16-14-28)19-9-11-29(12-10-19)35(32,33)22-7-5-21(26)6-8-22/h2-8,17,19,23H,9-16H2,1H3,(H,27,30). The van der Waals surface area contributed by atoms with Gasteiger partial charge < -0.3 is 15.0 Å². The topological polar surface area (TPSA) is 96.0 Å². The summed E-state index contributed by atoms with van der Waals surface area (Å²) in [6, 6.07) is 12.6. The van der Waals surface area contributed by atoms with Gasteiger partial charge >= 0.3 is 0 Å². The number of carbonyl (C=O) groups excluding carboxylic acids is 2. The lowest BCUT2D eigenvalue weighted by atomic mass is 9.88. The van der Waals surface area contributed by atoms with Gasteiger partial charge in [-0.3, -0.25) is 9.59 Å². The van der Waals surface area contributed by atoms with E-state index in [1.54, 1.807) is 29.2 Å². The van der Waals surface area contributed by atoms with Gasteiger partial charge in [0.2, 0.25) is 15.9 Å². The Morgan fingerprint density at radius 2 is 1.69 bits per heavy atom. The number of ether oxygens (including phenoxy) is 1. The third-order valence-corrected chi connectivity index (χ3v) is 8.74.